The maximum Gasteiger partial charge on any atom is 0.166 e. The highest BCUT2D eigenvalue weighted by Crippen LogP contribution is 2.23. The first-order valence-corrected chi connectivity index (χ1v) is 6.12. The number of ether oxygens (including phenoxy) is 1. The monoisotopic (exact) mass is 230 g/mol. The maximum atomic E-state index is 5.65. The molecule has 1 aliphatic heterocycles. The molecule has 1 rings (SSSR count). The van der Waals surface area contributed by atoms with Gasteiger partial charge in [-0.3, -0.25) is 0 Å². The summed E-state index contributed by atoms with van der Waals surface area (Å²) in [4.78, 5) is 0. The van der Waals surface area contributed by atoms with Crippen molar-refractivity contribution in [2.75, 3.05) is 13.2 Å². The Hall–Kier alpha value is -0.350. The SMILES string of the molecule is CCCNC(=S)NC1CCOC(C)(C)C1. The van der Waals surface area contributed by atoms with Crippen LogP contribution < -0.4 is 10.6 Å². The lowest BCUT2D eigenvalue weighted by Crippen LogP contribution is -2.48. The molecule has 0 aromatic rings. The molecule has 0 aromatic carbocycles. The van der Waals surface area contributed by atoms with Crippen LogP contribution in [-0.2, 0) is 4.74 Å². The number of hydrogen-bond acceptors (Lipinski definition) is 2. The van der Waals surface area contributed by atoms with Crippen LogP contribution in [0.2, 0.25) is 0 Å². The average Bonchev–Trinajstić information content (AvgIpc) is 2.13. The van der Waals surface area contributed by atoms with Gasteiger partial charge in [-0.25, -0.2) is 0 Å². The minimum atomic E-state index is -0.0176. The van der Waals surface area contributed by atoms with Gasteiger partial charge in [-0.1, -0.05) is 6.92 Å². The highest BCUT2D eigenvalue weighted by Gasteiger charge is 2.28. The zero-order chi connectivity index (χ0) is 11.3. The number of thiocarbonyl (C=S) groups is 1. The van der Waals surface area contributed by atoms with Crippen LogP contribution in [0.25, 0.3) is 0 Å². The second-order valence-electron chi connectivity index (χ2n) is 4.70. The van der Waals surface area contributed by atoms with Crippen LogP contribution in [-0.4, -0.2) is 29.9 Å². The first kappa shape index (κ1) is 12.7. The van der Waals surface area contributed by atoms with Crippen LogP contribution in [0.3, 0.4) is 0 Å². The van der Waals surface area contributed by atoms with E-state index in [1.54, 1.807) is 0 Å². The second-order valence-corrected chi connectivity index (χ2v) is 5.11. The summed E-state index contributed by atoms with van der Waals surface area (Å²) in [5.41, 5.74) is -0.0176. The summed E-state index contributed by atoms with van der Waals surface area (Å²) in [6.07, 6.45) is 3.15. The molecule has 1 atom stereocenters. The molecule has 0 amide bonds. The third kappa shape index (κ3) is 4.80. The van der Waals surface area contributed by atoms with E-state index in [0.717, 1.165) is 37.5 Å². The number of rotatable bonds is 3. The lowest BCUT2D eigenvalue weighted by Gasteiger charge is -2.36. The molecule has 0 spiro atoms. The van der Waals surface area contributed by atoms with Gasteiger partial charge in [0.05, 0.1) is 5.60 Å². The highest BCUT2D eigenvalue weighted by atomic mass is 32.1. The van der Waals surface area contributed by atoms with Crippen molar-refractivity contribution in [1.29, 1.82) is 0 Å². The van der Waals surface area contributed by atoms with Gasteiger partial charge in [0.25, 0.3) is 0 Å². The topological polar surface area (TPSA) is 33.3 Å². The van der Waals surface area contributed by atoms with Gasteiger partial charge in [0.1, 0.15) is 0 Å². The lowest BCUT2D eigenvalue weighted by atomic mass is 9.94. The van der Waals surface area contributed by atoms with Gasteiger partial charge in [-0.2, -0.15) is 0 Å². The van der Waals surface area contributed by atoms with Gasteiger partial charge in [-0.15, -0.1) is 0 Å². The van der Waals surface area contributed by atoms with Crippen molar-refractivity contribution in [3.8, 4) is 0 Å². The van der Waals surface area contributed by atoms with E-state index in [9.17, 15) is 0 Å². The van der Waals surface area contributed by atoms with Gasteiger partial charge in [0.2, 0.25) is 0 Å². The summed E-state index contributed by atoms with van der Waals surface area (Å²) in [6.45, 7) is 8.15. The third-order valence-corrected chi connectivity index (χ3v) is 2.83. The molecule has 4 heteroatoms. The molecule has 0 bridgehead atoms. The minimum Gasteiger partial charge on any atom is -0.375 e. The Morgan fingerprint density at radius 3 is 2.87 bits per heavy atom. The normalized spacial score (nSPS) is 24.6. The van der Waals surface area contributed by atoms with Crippen molar-refractivity contribution in [2.24, 2.45) is 0 Å². The minimum absolute atomic E-state index is 0.0176. The van der Waals surface area contributed by atoms with Crippen LogP contribution in [0.15, 0.2) is 0 Å². The van der Waals surface area contributed by atoms with Gasteiger partial charge in [0, 0.05) is 19.2 Å². The standard InChI is InChI=1S/C11H22N2OS/c1-4-6-12-10(15)13-9-5-7-14-11(2,3)8-9/h9H,4-8H2,1-3H3,(H2,12,13,15). The molecule has 1 fully saturated rings. The zero-order valence-electron chi connectivity index (χ0n) is 9.93. The molecule has 2 N–H and O–H groups in total. The number of nitrogens with one attached hydrogen (secondary N) is 2. The Morgan fingerprint density at radius 1 is 1.53 bits per heavy atom. The first-order valence-electron chi connectivity index (χ1n) is 5.72. The Balaban J connectivity index is 2.28. The van der Waals surface area contributed by atoms with Crippen LogP contribution >= 0.6 is 12.2 Å². The van der Waals surface area contributed by atoms with Crippen LogP contribution in [0.1, 0.15) is 40.0 Å². The molecule has 0 saturated carbocycles. The van der Waals surface area contributed by atoms with Gasteiger partial charge >= 0.3 is 0 Å². The Bertz CT molecular complexity index is 219. The van der Waals surface area contributed by atoms with E-state index in [4.69, 9.17) is 17.0 Å². The average molecular weight is 230 g/mol. The molecule has 0 aromatic heterocycles. The molecule has 1 aliphatic rings. The fourth-order valence-electron chi connectivity index (χ4n) is 1.83. The fourth-order valence-corrected chi connectivity index (χ4v) is 2.10. The van der Waals surface area contributed by atoms with E-state index in [1.165, 1.54) is 0 Å². The fraction of sp³-hybridized carbons (Fsp3) is 0.909. The van der Waals surface area contributed by atoms with Crippen molar-refractivity contribution < 1.29 is 4.74 Å². The molecular weight excluding hydrogens is 208 g/mol. The third-order valence-electron chi connectivity index (χ3n) is 2.57. The molecule has 1 unspecified atom stereocenters. The van der Waals surface area contributed by atoms with Crippen LogP contribution in [0.5, 0.6) is 0 Å². The van der Waals surface area contributed by atoms with Crippen molar-refractivity contribution in [2.45, 2.75) is 51.7 Å². The molecule has 88 valence electrons. The van der Waals surface area contributed by atoms with Crippen molar-refractivity contribution >= 4 is 17.3 Å². The van der Waals surface area contributed by atoms with Crippen molar-refractivity contribution in [3.05, 3.63) is 0 Å². The van der Waals surface area contributed by atoms with Crippen LogP contribution in [0, 0.1) is 0 Å². The molecule has 1 saturated heterocycles. The van der Waals surface area contributed by atoms with Crippen molar-refractivity contribution in [1.82, 2.24) is 10.6 Å². The van der Waals surface area contributed by atoms with E-state index in [1.807, 2.05) is 0 Å². The number of hydrogen-bond donors (Lipinski definition) is 2. The van der Waals surface area contributed by atoms with E-state index in [-0.39, 0.29) is 5.60 Å². The van der Waals surface area contributed by atoms with E-state index < -0.39 is 0 Å². The summed E-state index contributed by atoms with van der Waals surface area (Å²) >= 11 is 5.21. The molecule has 1 heterocycles. The first-order chi connectivity index (χ1) is 7.03. The molecular formula is C11H22N2OS. The quantitative estimate of drug-likeness (QED) is 0.725. The van der Waals surface area contributed by atoms with Gasteiger partial charge < -0.3 is 15.4 Å². The van der Waals surface area contributed by atoms with E-state index in [0.29, 0.717) is 6.04 Å². The zero-order valence-corrected chi connectivity index (χ0v) is 10.7. The molecule has 15 heavy (non-hydrogen) atoms. The predicted octanol–water partition coefficient (Wildman–Crippen LogP) is 1.82. The Labute approximate surface area is 98.0 Å². The van der Waals surface area contributed by atoms with Crippen molar-refractivity contribution in [3.63, 3.8) is 0 Å². The van der Waals surface area contributed by atoms with E-state index >= 15 is 0 Å². The highest BCUT2D eigenvalue weighted by molar-refractivity contribution is 7.80. The van der Waals surface area contributed by atoms with E-state index in [2.05, 4.69) is 31.4 Å². The molecule has 0 radical (unpaired) electrons. The smallest absolute Gasteiger partial charge is 0.166 e. The summed E-state index contributed by atoms with van der Waals surface area (Å²) in [5, 5.41) is 7.31. The predicted molar refractivity (Wildman–Crippen MR) is 67.1 cm³/mol. The summed E-state index contributed by atoms with van der Waals surface area (Å²) in [5.74, 6) is 0. The summed E-state index contributed by atoms with van der Waals surface area (Å²) in [6, 6.07) is 0.450. The van der Waals surface area contributed by atoms with Gasteiger partial charge in [-0.05, 0) is 45.3 Å². The molecule has 0 aliphatic carbocycles. The second kappa shape index (κ2) is 5.66. The Morgan fingerprint density at radius 2 is 2.27 bits per heavy atom. The largest absolute Gasteiger partial charge is 0.375 e. The summed E-state index contributed by atoms with van der Waals surface area (Å²) in [7, 11) is 0. The maximum absolute atomic E-state index is 5.65. The van der Waals surface area contributed by atoms with Crippen LogP contribution in [0.4, 0.5) is 0 Å². The summed E-state index contributed by atoms with van der Waals surface area (Å²) < 4.78 is 5.65. The van der Waals surface area contributed by atoms with Gasteiger partial charge in [0.15, 0.2) is 5.11 Å². The Kier molecular flexibility index (Phi) is 4.80. The molecule has 3 nitrogen and oxygen atoms in total. The lowest BCUT2D eigenvalue weighted by molar-refractivity contribution is -0.0604.